The van der Waals surface area contributed by atoms with Crippen LogP contribution in [0.3, 0.4) is 0 Å². The van der Waals surface area contributed by atoms with Crippen molar-refractivity contribution in [2.45, 2.75) is 34.2 Å². The molecule has 0 unspecified atom stereocenters. The molecule has 0 fully saturated rings. The monoisotopic (exact) mass is 332 g/mol. The summed E-state index contributed by atoms with van der Waals surface area (Å²) in [6.45, 7) is 8.33. The van der Waals surface area contributed by atoms with Crippen LogP contribution in [0.5, 0.6) is 0 Å². The first-order chi connectivity index (χ1) is 11.3. The number of benzene rings is 1. The molecule has 0 atom stereocenters. The first-order valence-corrected chi connectivity index (χ1v) is 8.13. The molecule has 5 nitrogen and oxygen atoms in total. The molecular formula is C17H24N4OS. The number of fused-ring (bicyclic) bond motifs is 1. The summed E-state index contributed by atoms with van der Waals surface area (Å²) in [5.41, 5.74) is 1.38. The van der Waals surface area contributed by atoms with Crippen LogP contribution in [0.2, 0.25) is 0 Å². The quantitative estimate of drug-likeness (QED) is 0.715. The minimum absolute atomic E-state index is 0. The lowest BCUT2D eigenvalue weighted by Crippen LogP contribution is -2.23. The van der Waals surface area contributed by atoms with E-state index in [2.05, 4.69) is 15.0 Å². The van der Waals surface area contributed by atoms with Crippen LogP contribution >= 0.6 is 12.2 Å². The van der Waals surface area contributed by atoms with Crippen molar-refractivity contribution < 1.29 is 1.43 Å². The van der Waals surface area contributed by atoms with Crippen molar-refractivity contribution in [3.05, 3.63) is 63.7 Å². The fraction of sp³-hybridized carbons (Fsp3) is 0.294. The van der Waals surface area contributed by atoms with E-state index in [0.717, 1.165) is 11.2 Å². The molecule has 2 aromatic heterocycles. The van der Waals surface area contributed by atoms with E-state index >= 15 is 0 Å². The third-order valence-corrected chi connectivity index (χ3v) is 3.18. The van der Waals surface area contributed by atoms with Crippen LogP contribution in [0.25, 0.3) is 10.9 Å². The van der Waals surface area contributed by atoms with Gasteiger partial charge in [-0.15, -0.1) is 0 Å². The van der Waals surface area contributed by atoms with Gasteiger partial charge in [0.2, 0.25) is 0 Å². The van der Waals surface area contributed by atoms with Crippen molar-refractivity contribution in [1.82, 2.24) is 19.5 Å². The molecule has 124 valence electrons. The highest BCUT2D eigenvalue weighted by Crippen LogP contribution is 2.06. The Labute approximate surface area is 142 Å². The molecule has 3 aromatic rings. The molecule has 0 spiro atoms. The molecule has 1 N–H and O–H groups in total. The van der Waals surface area contributed by atoms with Crippen molar-refractivity contribution in [1.29, 1.82) is 0 Å². The van der Waals surface area contributed by atoms with Gasteiger partial charge in [-0.3, -0.25) is 9.36 Å². The van der Waals surface area contributed by atoms with Crippen LogP contribution in [0.1, 0.15) is 34.8 Å². The second kappa shape index (κ2) is 9.63. The van der Waals surface area contributed by atoms with Gasteiger partial charge >= 0.3 is 0 Å². The Morgan fingerprint density at radius 1 is 1.17 bits per heavy atom. The van der Waals surface area contributed by atoms with Gasteiger partial charge in [0.05, 0.1) is 23.1 Å². The van der Waals surface area contributed by atoms with Crippen molar-refractivity contribution in [2.24, 2.45) is 0 Å². The summed E-state index contributed by atoms with van der Waals surface area (Å²) in [7, 11) is 0. The van der Waals surface area contributed by atoms with Crippen LogP contribution in [-0.4, -0.2) is 19.5 Å². The molecule has 0 aliphatic heterocycles. The third-order valence-electron chi connectivity index (χ3n) is 2.85. The Hall–Kier alpha value is -2.34. The first-order valence-electron chi connectivity index (χ1n) is 7.72. The van der Waals surface area contributed by atoms with Crippen LogP contribution in [0, 0.1) is 4.77 Å². The predicted octanol–water partition coefficient (Wildman–Crippen LogP) is 4.20. The Kier molecular flexibility index (Phi) is 7.83. The lowest BCUT2D eigenvalue weighted by Gasteiger charge is -2.07. The lowest BCUT2D eigenvalue weighted by molar-refractivity contribution is 0.714. The zero-order valence-corrected chi connectivity index (χ0v) is 14.7. The maximum atomic E-state index is 12.4. The number of nitrogens with zero attached hydrogens (tertiary/aromatic N) is 3. The number of rotatable bonds is 2. The predicted molar refractivity (Wildman–Crippen MR) is 99.3 cm³/mol. The topological polar surface area (TPSA) is 63.6 Å². The Morgan fingerprint density at radius 2 is 1.87 bits per heavy atom. The molecule has 0 aliphatic rings. The van der Waals surface area contributed by atoms with Gasteiger partial charge in [0.1, 0.15) is 6.33 Å². The number of aromatic amines is 1. The fourth-order valence-electron chi connectivity index (χ4n) is 1.92. The zero-order chi connectivity index (χ0) is 17.2. The lowest BCUT2D eigenvalue weighted by atomic mass is 10.2. The number of hydrogen-bond donors (Lipinski definition) is 1. The van der Waals surface area contributed by atoms with E-state index in [4.69, 9.17) is 12.2 Å². The zero-order valence-electron chi connectivity index (χ0n) is 13.9. The summed E-state index contributed by atoms with van der Waals surface area (Å²) in [6.07, 6.45) is 3.09. The van der Waals surface area contributed by atoms with E-state index in [1.54, 1.807) is 18.3 Å². The van der Waals surface area contributed by atoms with Crippen LogP contribution in [0.4, 0.5) is 0 Å². The summed E-state index contributed by atoms with van der Waals surface area (Å²) in [5, 5.41) is 0.616. The van der Waals surface area contributed by atoms with Gasteiger partial charge in [-0.25, -0.2) is 9.97 Å². The second-order valence-electron chi connectivity index (χ2n) is 4.07. The standard InChI is InChI=1S/C13H10N4OS.2C2H6.H2/c18-12-10-3-1-2-4-11(10)16-13(19)17(12)7-9-5-6-14-8-15-9;2*1-2;/h1-6,8H,7H2,(H,16,19);2*1-2H3;1H. The molecule has 0 radical (unpaired) electrons. The molecule has 2 heterocycles. The van der Waals surface area contributed by atoms with Crippen molar-refractivity contribution in [2.75, 3.05) is 0 Å². The molecule has 23 heavy (non-hydrogen) atoms. The van der Waals surface area contributed by atoms with Crippen molar-refractivity contribution in [3.8, 4) is 0 Å². The molecule has 0 saturated heterocycles. The fourth-order valence-corrected chi connectivity index (χ4v) is 2.17. The molecule has 0 bridgehead atoms. The maximum absolute atomic E-state index is 12.4. The molecule has 3 rings (SSSR count). The van der Waals surface area contributed by atoms with Gasteiger partial charge in [0.25, 0.3) is 5.56 Å². The number of para-hydroxylation sites is 1. The smallest absolute Gasteiger partial charge is 0.262 e. The highest BCUT2D eigenvalue weighted by atomic mass is 32.1. The molecular weight excluding hydrogens is 308 g/mol. The number of H-pyrrole nitrogens is 1. The van der Waals surface area contributed by atoms with E-state index in [1.807, 2.05) is 45.9 Å². The summed E-state index contributed by atoms with van der Waals surface area (Å²) in [4.78, 5) is 23.4. The number of aromatic nitrogens is 4. The average molecular weight is 332 g/mol. The number of nitrogens with one attached hydrogen (secondary N) is 1. The molecule has 0 aliphatic carbocycles. The second-order valence-corrected chi connectivity index (χ2v) is 4.45. The van der Waals surface area contributed by atoms with Gasteiger partial charge in [-0.1, -0.05) is 39.8 Å². The Bertz CT molecular complexity index is 846. The Balaban J connectivity index is 0.000000987. The Morgan fingerprint density at radius 3 is 2.52 bits per heavy atom. The summed E-state index contributed by atoms with van der Waals surface area (Å²) < 4.78 is 1.89. The summed E-state index contributed by atoms with van der Waals surface area (Å²) in [6, 6.07) is 9.06. The maximum Gasteiger partial charge on any atom is 0.262 e. The van der Waals surface area contributed by atoms with E-state index in [0.29, 0.717) is 16.7 Å². The summed E-state index contributed by atoms with van der Waals surface area (Å²) in [5.74, 6) is 0. The van der Waals surface area contributed by atoms with E-state index in [-0.39, 0.29) is 6.99 Å². The molecule has 6 heteroatoms. The average Bonchev–Trinajstić information content (AvgIpc) is 2.63. The highest BCUT2D eigenvalue weighted by Gasteiger charge is 2.06. The van der Waals surface area contributed by atoms with Gasteiger partial charge in [-0.05, 0) is 30.4 Å². The largest absolute Gasteiger partial charge is 0.332 e. The molecule has 1 aromatic carbocycles. The van der Waals surface area contributed by atoms with E-state index < -0.39 is 0 Å². The highest BCUT2D eigenvalue weighted by molar-refractivity contribution is 7.71. The third kappa shape index (κ3) is 4.56. The van der Waals surface area contributed by atoms with Gasteiger partial charge in [-0.2, -0.15) is 0 Å². The van der Waals surface area contributed by atoms with Crippen LogP contribution in [-0.2, 0) is 6.54 Å². The van der Waals surface area contributed by atoms with Crippen molar-refractivity contribution in [3.63, 3.8) is 0 Å². The van der Waals surface area contributed by atoms with Crippen molar-refractivity contribution >= 4 is 23.1 Å². The minimum Gasteiger partial charge on any atom is -0.332 e. The van der Waals surface area contributed by atoms with Gasteiger partial charge in [0, 0.05) is 7.62 Å². The van der Waals surface area contributed by atoms with Crippen LogP contribution in [0.15, 0.2) is 47.7 Å². The first kappa shape index (κ1) is 18.7. The van der Waals surface area contributed by atoms with E-state index in [9.17, 15) is 4.79 Å². The minimum atomic E-state index is -0.113. The molecule has 0 saturated carbocycles. The van der Waals surface area contributed by atoms with Gasteiger partial charge < -0.3 is 4.98 Å². The summed E-state index contributed by atoms with van der Waals surface area (Å²) >= 11 is 5.23. The number of hydrogen-bond acceptors (Lipinski definition) is 4. The SMILES string of the molecule is CC.CC.O=c1c2ccccc2[nH]c(=S)n1Cc1ccncn1.[HH]. The van der Waals surface area contributed by atoms with Crippen LogP contribution < -0.4 is 5.56 Å². The van der Waals surface area contributed by atoms with E-state index in [1.165, 1.54) is 10.9 Å². The molecule has 0 amide bonds. The van der Waals surface area contributed by atoms with Gasteiger partial charge in [0.15, 0.2) is 4.77 Å². The normalized spacial score (nSPS) is 9.39.